The molecule has 12 nitrogen and oxygen atoms in total. The Kier molecular flexibility index (Phi) is 9.95. The third-order valence-corrected chi connectivity index (χ3v) is 11.7. The zero-order chi connectivity index (χ0) is 33.1. The lowest BCUT2D eigenvalue weighted by Gasteiger charge is -2.39. The van der Waals surface area contributed by atoms with Crippen LogP contribution in [0.15, 0.2) is 45.9 Å². The number of carbonyl (C=O) groups excluding carboxylic acids is 1. The third-order valence-electron chi connectivity index (χ3n) is 9.49. The number of piperidine rings is 1. The van der Waals surface area contributed by atoms with Crippen molar-refractivity contribution in [2.45, 2.75) is 52.1 Å². The van der Waals surface area contributed by atoms with E-state index in [9.17, 15) is 9.00 Å². The Hall–Kier alpha value is -3.81. The molecule has 0 spiro atoms. The van der Waals surface area contributed by atoms with E-state index in [1.807, 2.05) is 29.7 Å². The summed E-state index contributed by atoms with van der Waals surface area (Å²) in [6, 6.07) is 9.76. The number of imidazole rings is 1. The van der Waals surface area contributed by atoms with Crippen LogP contribution in [0.25, 0.3) is 16.6 Å². The molecule has 1 atom stereocenters. The highest BCUT2D eigenvalue weighted by Gasteiger charge is 2.28. The molecule has 1 aromatic carbocycles. The first-order chi connectivity index (χ1) is 22.6. The highest BCUT2D eigenvalue weighted by molar-refractivity contribution is 7.93. The SMILES string of the molecule is CN=C1OCCCC(C)Cn2c(nc3ccc(N=S4(=O)CCN(C5CCN(C)CC5)CC4)cc32)NC(=O)c2cc(C)nc(c2)C1=CN. The van der Waals surface area contributed by atoms with Gasteiger partial charge >= 0.3 is 0 Å². The number of rotatable bonds is 2. The summed E-state index contributed by atoms with van der Waals surface area (Å²) in [5.41, 5.74) is 10.4. The Bertz CT molecular complexity index is 1800. The predicted octanol–water partition coefficient (Wildman–Crippen LogP) is 4.28. The van der Waals surface area contributed by atoms with E-state index in [1.54, 1.807) is 19.2 Å². The highest BCUT2D eigenvalue weighted by Crippen LogP contribution is 2.29. The average molecular weight is 662 g/mol. The standard InChI is InChI=1S/C34H47N9O3S/c1-23-6-5-15-46-33(36-3)28(21-35)30-19-25(18-24(2)37-30)32(44)39-34-38-29-8-7-26(20-31(29)43(34)22-23)40-47(45)16-13-42(14-17-47)27-9-11-41(4)12-10-27/h7-8,18-21,23,27H,5-6,9-17,22,35H2,1-4H3,(H,38,39,44). The zero-order valence-electron chi connectivity index (χ0n) is 27.9. The Morgan fingerprint density at radius 1 is 1.09 bits per heavy atom. The van der Waals surface area contributed by atoms with Gasteiger partial charge in [-0.15, -0.1) is 0 Å². The van der Waals surface area contributed by atoms with Crippen molar-refractivity contribution < 1.29 is 13.7 Å². The van der Waals surface area contributed by atoms with Crippen molar-refractivity contribution in [2.75, 3.05) is 63.7 Å². The molecule has 3 aliphatic heterocycles. The van der Waals surface area contributed by atoms with Crippen LogP contribution >= 0.6 is 0 Å². The minimum Gasteiger partial charge on any atom is -0.477 e. The van der Waals surface area contributed by atoms with Crippen LogP contribution in [0.2, 0.25) is 0 Å². The molecule has 2 aromatic heterocycles. The van der Waals surface area contributed by atoms with Crippen LogP contribution in [0.5, 0.6) is 0 Å². The number of nitrogens with two attached hydrogens (primary N) is 1. The van der Waals surface area contributed by atoms with Crippen molar-refractivity contribution in [3.63, 3.8) is 0 Å². The number of aryl methyl sites for hydroxylation is 1. The molecule has 3 aliphatic rings. The first kappa shape index (κ1) is 33.1. The molecule has 2 bridgehead atoms. The molecule has 0 radical (unpaired) electrons. The van der Waals surface area contributed by atoms with Crippen LogP contribution in [-0.2, 0) is 21.0 Å². The summed E-state index contributed by atoms with van der Waals surface area (Å²) in [5, 5.41) is 3.06. The summed E-state index contributed by atoms with van der Waals surface area (Å²) in [5.74, 6) is 1.94. The number of hydrogen-bond acceptors (Lipinski definition) is 10. The van der Waals surface area contributed by atoms with Gasteiger partial charge in [-0.25, -0.2) is 9.19 Å². The van der Waals surface area contributed by atoms with Gasteiger partial charge in [-0.3, -0.25) is 25.0 Å². The number of anilines is 1. The molecule has 2 fully saturated rings. The lowest BCUT2D eigenvalue weighted by atomic mass is 10.0. The number of aromatic nitrogens is 3. The molecule has 47 heavy (non-hydrogen) atoms. The second-order valence-electron chi connectivity index (χ2n) is 13.1. The van der Waals surface area contributed by atoms with Crippen LogP contribution < -0.4 is 11.1 Å². The highest BCUT2D eigenvalue weighted by atomic mass is 32.2. The van der Waals surface area contributed by atoms with E-state index in [4.69, 9.17) is 19.8 Å². The lowest BCUT2D eigenvalue weighted by Crippen LogP contribution is -2.49. The van der Waals surface area contributed by atoms with Crippen molar-refractivity contribution in [1.82, 2.24) is 24.3 Å². The van der Waals surface area contributed by atoms with E-state index >= 15 is 0 Å². The van der Waals surface area contributed by atoms with Gasteiger partial charge in [-0.1, -0.05) is 6.92 Å². The first-order valence-corrected chi connectivity index (χ1v) is 18.5. The van der Waals surface area contributed by atoms with Crippen molar-refractivity contribution in [1.29, 1.82) is 0 Å². The number of amides is 1. The van der Waals surface area contributed by atoms with Crippen molar-refractivity contribution >= 4 is 49.8 Å². The maximum absolute atomic E-state index is 13.9. The van der Waals surface area contributed by atoms with Crippen LogP contribution in [0.1, 0.15) is 54.4 Å². The number of likely N-dealkylation sites (tertiary alicyclic amines) is 1. The fourth-order valence-electron chi connectivity index (χ4n) is 6.83. The van der Waals surface area contributed by atoms with E-state index in [1.165, 1.54) is 19.0 Å². The molecule has 252 valence electrons. The Balaban J connectivity index is 1.30. The molecule has 13 heteroatoms. The number of benzene rings is 1. The number of pyridine rings is 1. The maximum atomic E-state index is 13.9. The van der Waals surface area contributed by atoms with Crippen LogP contribution in [0.4, 0.5) is 11.6 Å². The maximum Gasteiger partial charge on any atom is 0.258 e. The monoisotopic (exact) mass is 661 g/mol. The van der Waals surface area contributed by atoms with E-state index in [0.717, 1.165) is 50.1 Å². The van der Waals surface area contributed by atoms with Gasteiger partial charge in [0.1, 0.15) is 0 Å². The second kappa shape index (κ2) is 14.1. The van der Waals surface area contributed by atoms with Crippen LogP contribution in [0, 0.1) is 12.8 Å². The molecule has 1 amide bonds. The molecule has 0 aliphatic carbocycles. The summed E-state index contributed by atoms with van der Waals surface area (Å²) in [6.07, 6.45) is 5.43. The molecule has 3 N–H and O–H groups in total. The normalized spacial score (nSPS) is 23.9. The molecule has 3 aromatic rings. The summed E-state index contributed by atoms with van der Waals surface area (Å²) in [6.45, 7) is 8.97. The number of carbonyl (C=O) groups is 1. The minimum absolute atomic E-state index is 0.245. The van der Waals surface area contributed by atoms with Gasteiger partial charge in [-0.05, 0) is 89.0 Å². The van der Waals surface area contributed by atoms with Gasteiger partial charge < -0.3 is 19.9 Å². The van der Waals surface area contributed by atoms with E-state index in [2.05, 4.69) is 39.1 Å². The number of fused-ring (bicyclic) bond motifs is 5. The quantitative estimate of drug-likeness (QED) is 0.415. The summed E-state index contributed by atoms with van der Waals surface area (Å²) in [7, 11) is 1.45. The smallest absolute Gasteiger partial charge is 0.258 e. The van der Waals surface area contributed by atoms with E-state index in [-0.39, 0.29) is 11.8 Å². The van der Waals surface area contributed by atoms with Crippen molar-refractivity contribution in [2.24, 2.45) is 21.0 Å². The fraction of sp³-hybridized carbons (Fsp3) is 0.529. The summed E-state index contributed by atoms with van der Waals surface area (Å²) >= 11 is 0. The number of aliphatic imine (C=N–C) groups is 1. The fourth-order valence-corrected chi connectivity index (χ4v) is 8.76. The first-order valence-electron chi connectivity index (χ1n) is 16.6. The number of hydrogen-bond donors (Lipinski definition) is 2. The average Bonchev–Trinajstić information content (AvgIpc) is 3.37. The second-order valence-corrected chi connectivity index (χ2v) is 15.6. The molecular weight excluding hydrogens is 615 g/mol. The van der Waals surface area contributed by atoms with Gasteiger partial charge in [0.2, 0.25) is 11.8 Å². The van der Waals surface area contributed by atoms with Gasteiger partial charge in [0.15, 0.2) is 0 Å². The minimum atomic E-state index is -2.38. The molecule has 1 unspecified atom stereocenters. The Morgan fingerprint density at radius 2 is 1.85 bits per heavy atom. The zero-order valence-corrected chi connectivity index (χ0v) is 28.8. The van der Waals surface area contributed by atoms with Gasteiger partial charge in [0, 0.05) is 61.7 Å². The molecule has 0 saturated carbocycles. The summed E-state index contributed by atoms with van der Waals surface area (Å²) < 4.78 is 26.9. The van der Waals surface area contributed by atoms with E-state index in [0.29, 0.717) is 70.8 Å². The number of nitrogens with one attached hydrogen (secondary N) is 1. The van der Waals surface area contributed by atoms with Crippen LogP contribution in [0.3, 0.4) is 0 Å². The van der Waals surface area contributed by atoms with Crippen molar-refractivity contribution in [3.8, 4) is 0 Å². The largest absolute Gasteiger partial charge is 0.477 e. The van der Waals surface area contributed by atoms with E-state index < -0.39 is 9.73 Å². The Morgan fingerprint density at radius 3 is 2.57 bits per heavy atom. The van der Waals surface area contributed by atoms with Crippen LogP contribution in [-0.4, -0.2) is 105 Å². The van der Waals surface area contributed by atoms with Gasteiger partial charge in [0.25, 0.3) is 5.91 Å². The molecule has 6 rings (SSSR count). The topological polar surface area (TPSA) is 143 Å². The lowest BCUT2D eigenvalue weighted by molar-refractivity contribution is 0.102. The van der Waals surface area contributed by atoms with Crippen molar-refractivity contribution in [3.05, 3.63) is 53.5 Å². The molecule has 2 saturated heterocycles. The third kappa shape index (κ3) is 7.52. The summed E-state index contributed by atoms with van der Waals surface area (Å²) in [4.78, 5) is 32.4. The van der Waals surface area contributed by atoms with Gasteiger partial charge in [-0.2, -0.15) is 4.36 Å². The predicted molar refractivity (Wildman–Crippen MR) is 189 cm³/mol. The molecule has 5 heterocycles. The Labute approximate surface area is 277 Å². The number of nitrogens with zero attached hydrogens (tertiary/aromatic N) is 7. The molecular formula is C34H47N9O3S. The van der Waals surface area contributed by atoms with Gasteiger partial charge in [0.05, 0.1) is 44.3 Å². The number of ether oxygens (including phenoxy) is 1.